The second kappa shape index (κ2) is 8.26. The molecule has 2 N–H and O–H groups in total. The van der Waals surface area contributed by atoms with E-state index in [4.69, 9.17) is 4.74 Å². The van der Waals surface area contributed by atoms with Crippen LogP contribution < -0.4 is 10.6 Å². The number of fused-ring (bicyclic) bond motifs is 1. The Labute approximate surface area is 161 Å². The van der Waals surface area contributed by atoms with Gasteiger partial charge in [0.25, 0.3) is 5.91 Å². The van der Waals surface area contributed by atoms with Crippen LogP contribution in [-0.4, -0.2) is 29.6 Å². The van der Waals surface area contributed by atoms with E-state index in [9.17, 15) is 14.4 Å². The molecule has 0 spiro atoms. The lowest BCUT2D eigenvalue weighted by atomic mass is 10.2. The molecule has 0 bridgehead atoms. The Morgan fingerprint density at radius 1 is 1.19 bits per heavy atom. The Kier molecular flexibility index (Phi) is 5.81. The molecule has 2 amide bonds. The Bertz CT molecular complexity index is 880. The molecule has 2 aromatic carbocycles. The molecule has 0 fully saturated rings. The highest BCUT2D eigenvalue weighted by Gasteiger charge is 2.21. The molecule has 1 atom stereocenters. The zero-order valence-electron chi connectivity index (χ0n) is 15.1. The number of carbonyl (C=O) groups excluding carboxylic acids is 3. The van der Waals surface area contributed by atoms with E-state index in [0.29, 0.717) is 23.5 Å². The van der Waals surface area contributed by atoms with E-state index < -0.39 is 18.0 Å². The second-order valence-corrected chi connectivity index (χ2v) is 7.40. The highest BCUT2D eigenvalue weighted by Crippen LogP contribution is 2.31. The van der Waals surface area contributed by atoms with Crippen molar-refractivity contribution in [2.45, 2.75) is 31.3 Å². The monoisotopic (exact) mass is 384 g/mol. The van der Waals surface area contributed by atoms with E-state index in [1.54, 1.807) is 42.1 Å². The largest absolute Gasteiger partial charge is 0.449 e. The fourth-order valence-electron chi connectivity index (χ4n) is 2.51. The molecule has 1 heterocycles. The zero-order chi connectivity index (χ0) is 19.4. The molecule has 0 saturated heterocycles. The summed E-state index contributed by atoms with van der Waals surface area (Å²) in [4.78, 5) is 37.2. The Balaban J connectivity index is 1.65. The van der Waals surface area contributed by atoms with Crippen LogP contribution in [0, 0.1) is 6.92 Å². The first-order valence-corrected chi connectivity index (χ1v) is 9.56. The number of hydrogen-bond acceptors (Lipinski definition) is 5. The van der Waals surface area contributed by atoms with Crippen LogP contribution in [0.1, 0.15) is 29.3 Å². The van der Waals surface area contributed by atoms with Gasteiger partial charge in [-0.05, 0) is 44.2 Å². The molecule has 0 aliphatic carbocycles. The van der Waals surface area contributed by atoms with Crippen LogP contribution in [0.2, 0.25) is 0 Å². The molecule has 7 heteroatoms. The summed E-state index contributed by atoms with van der Waals surface area (Å²) in [6.07, 6.45) is -0.531. The van der Waals surface area contributed by atoms with Gasteiger partial charge in [-0.2, -0.15) is 0 Å². The average molecular weight is 384 g/mol. The van der Waals surface area contributed by atoms with Gasteiger partial charge in [0.1, 0.15) is 0 Å². The van der Waals surface area contributed by atoms with E-state index >= 15 is 0 Å². The normalized spacial score (nSPS) is 14.4. The van der Waals surface area contributed by atoms with Crippen molar-refractivity contribution in [1.82, 2.24) is 0 Å². The van der Waals surface area contributed by atoms with Gasteiger partial charge >= 0.3 is 5.97 Å². The lowest BCUT2D eigenvalue weighted by Crippen LogP contribution is -2.30. The molecule has 0 unspecified atom stereocenters. The highest BCUT2D eigenvalue weighted by molar-refractivity contribution is 7.99. The summed E-state index contributed by atoms with van der Waals surface area (Å²) in [5, 5.41) is 5.50. The Morgan fingerprint density at radius 3 is 2.67 bits per heavy atom. The van der Waals surface area contributed by atoms with Gasteiger partial charge in [-0.3, -0.25) is 9.59 Å². The molecule has 1 aliphatic rings. The van der Waals surface area contributed by atoms with Gasteiger partial charge in [0.2, 0.25) is 5.91 Å². The standard InChI is InChI=1S/C20H20N2O4S/c1-12-3-6-15(7-4-12)21-19(24)13(2)26-20(25)14-5-8-17-16(11-14)22-18(23)9-10-27-17/h3-8,11,13H,9-10H2,1-2H3,(H,21,24)(H,22,23)/t13-/m0/s1. The van der Waals surface area contributed by atoms with Crippen LogP contribution in [0.3, 0.4) is 0 Å². The number of anilines is 2. The maximum atomic E-state index is 12.4. The molecule has 27 heavy (non-hydrogen) atoms. The summed E-state index contributed by atoms with van der Waals surface area (Å²) in [5.41, 5.74) is 2.60. The summed E-state index contributed by atoms with van der Waals surface area (Å²) in [7, 11) is 0. The molecular weight excluding hydrogens is 364 g/mol. The summed E-state index contributed by atoms with van der Waals surface area (Å²) in [6, 6.07) is 12.3. The van der Waals surface area contributed by atoms with Crippen LogP contribution >= 0.6 is 11.8 Å². The van der Waals surface area contributed by atoms with E-state index in [1.165, 1.54) is 6.92 Å². The van der Waals surface area contributed by atoms with Crippen molar-refractivity contribution >= 4 is 40.9 Å². The van der Waals surface area contributed by atoms with Crippen molar-refractivity contribution < 1.29 is 19.1 Å². The zero-order valence-corrected chi connectivity index (χ0v) is 15.9. The molecule has 3 rings (SSSR count). The molecular formula is C20H20N2O4S. The topological polar surface area (TPSA) is 84.5 Å². The van der Waals surface area contributed by atoms with Crippen molar-refractivity contribution in [3.05, 3.63) is 53.6 Å². The first kappa shape index (κ1) is 19.0. The number of rotatable bonds is 4. The number of hydrogen-bond donors (Lipinski definition) is 2. The number of ether oxygens (including phenoxy) is 1. The Hall–Kier alpha value is -2.80. The van der Waals surface area contributed by atoms with Crippen molar-refractivity contribution in [2.24, 2.45) is 0 Å². The summed E-state index contributed by atoms with van der Waals surface area (Å²) < 4.78 is 5.27. The van der Waals surface area contributed by atoms with E-state index in [0.717, 1.165) is 10.5 Å². The van der Waals surface area contributed by atoms with Gasteiger partial charge < -0.3 is 15.4 Å². The minimum absolute atomic E-state index is 0.0855. The van der Waals surface area contributed by atoms with Crippen LogP contribution in [-0.2, 0) is 14.3 Å². The number of benzene rings is 2. The summed E-state index contributed by atoms with van der Waals surface area (Å²) >= 11 is 1.56. The predicted molar refractivity (Wildman–Crippen MR) is 105 cm³/mol. The highest BCUT2D eigenvalue weighted by atomic mass is 32.2. The molecule has 0 radical (unpaired) electrons. The molecule has 0 saturated carbocycles. The molecule has 140 valence electrons. The number of carbonyl (C=O) groups is 3. The van der Waals surface area contributed by atoms with Crippen molar-refractivity contribution in [1.29, 1.82) is 0 Å². The minimum Gasteiger partial charge on any atom is -0.449 e. The van der Waals surface area contributed by atoms with Crippen LogP contribution in [0.15, 0.2) is 47.4 Å². The molecule has 0 aromatic heterocycles. The van der Waals surface area contributed by atoms with Gasteiger partial charge in [-0.25, -0.2) is 4.79 Å². The van der Waals surface area contributed by atoms with Crippen molar-refractivity contribution in [3.63, 3.8) is 0 Å². The minimum atomic E-state index is -0.957. The third-order valence-corrected chi connectivity index (χ3v) is 5.12. The first-order valence-electron chi connectivity index (χ1n) is 8.57. The quantitative estimate of drug-likeness (QED) is 0.787. The van der Waals surface area contributed by atoms with E-state index in [1.807, 2.05) is 19.1 Å². The number of esters is 1. The maximum Gasteiger partial charge on any atom is 0.338 e. The summed E-state index contributed by atoms with van der Waals surface area (Å²) in [5.74, 6) is -0.421. The van der Waals surface area contributed by atoms with Crippen LogP contribution in [0.5, 0.6) is 0 Å². The number of thioether (sulfide) groups is 1. The Morgan fingerprint density at radius 2 is 1.93 bits per heavy atom. The van der Waals surface area contributed by atoms with Gasteiger partial charge in [-0.1, -0.05) is 17.7 Å². The maximum absolute atomic E-state index is 12.4. The number of amides is 2. The third-order valence-electron chi connectivity index (χ3n) is 4.05. The first-order chi connectivity index (χ1) is 12.9. The lowest BCUT2D eigenvalue weighted by molar-refractivity contribution is -0.123. The fourth-order valence-corrected chi connectivity index (χ4v) is 3.45. The van der Waals surface area contributed by atoms with E-state index in [-0.39, 0.29) is 11.5 Å². The van der Waals surface area contributed by atoms with Gasteiger partial charge in [0, 0.05) is 22.8 Å². The lowest BCUT2D eigenvalue weighted by Gasteiger charge is -2.14. The molecule has 2 aromatic rings. The van der Waals surface area contributed by atoms with Gasteiger partial charge in [0.15, 0.2) is 6.10 Å². The van der Waals surface area contributed by atoms with Crippen LogP contribution in [0.4, 0.5) is 11.4 Å². The van der Waals surface area contributed by atoms with Crippen molar-refractivity contribution in [2.75, 3.05) is 16.4 Å². The predicted octanol–water partition coefficient (Wildman–Crippen LogP) is 3.61. The smallest absolute Gasteiger partial charge is 0.338 e. The fraction of sp³-hybridized carbons (Fsp3) is 0.250. The van der Waals surface area contributed by atoms with Crippen LogP contribution in [0.25, 0.3) is 0 Å². The molecule has 1 aliphatic heterocycles. The third kappa shape index (κ3) is 4.89. The van der Waals surface area contributed by atoms with E-state index in [2.05, 4.69) is 10.6 Å². The number of aryl methyl sites for hydroxylation is 1. The van der Waals surface area contributed by atoms with Gasteiger partial charge in [0.05, 0.1) is 11.3 Å². The number of nitrogens with one attached hydrogen (secondary N) is 2. The molecule has 6 nitrogen and oxygen atoms in total. The van der Waals surface area contributed by atoms with Crippen molar-refractivity contribution in [3.8, 4) is 0 Å². The summed E-state index contributed by atoms with van der Waals surface area (Å²) in [6.45, 7) is 3.47. The average Bonchev–Trinajstić information content (AvgIpc) is 2.83. The van der Waals surface area contributed by atoms with Gasteiger partial charge in [-0.15, -0.1) is 11.8 Å². The second-order valence-electron chi connectivity index (χ2n) is 6.26. The SMILES string of the molecule is Cc1ccc(NC(=O)[C@H](C)OC(=O)c2ccc3c(c2)NC(=O)CCS3)cc1.